The molecule has 1 N–H and O–H groups in total. The zero-order chi connectivity index (χ0) is 19.6. The van der Waals surface area contributed by atoms with Crippen LogP contribution in [0.5, 0.6) is 0 Å². The molecule has 1 aliphatic rings. The first-order chi connectivity index (χ1) is 12.8. The van der Waals surface area contributed by atoms with E-state index in [1.807, 2.05) is 6.92 Å². The second kappa shape index (κ2) is 7.75. The first kappa shape index (κ1) is 19.5. The van der Waals surface area contributed by atoms with Crippen LogP contribution in [0.1, 0.15) is 37.1 Å². The van der Waals surface area contributed by atoms with Crippen LogP contribution in [0.25, 0.3) is 0 Å². The van der Waals surface area contributed by atoms with Gasteiger partial charge in [-0.1, -0.05) is 37.2 Å². The standard InChI is InChI=1S/C18H18F3N3O2S/c1-2-5-11-8-16(26)24-12(10-27-17(24)22-11)9-15(25)23-14-7-4-3-6-13(14)18(19,20)21/h3-4,6-8,12H,2,5,9-10H2,1H3,(H,23,25). The Morgan fingerprint density at radius 3 is 2.81 bits per heavy atom. The van der Waals surface area contributed by atoms with Crippen LogP contribution < -0.4 is 10.9 Å². The Morgan fingerprint density at radius 1 is 1.37 bits per heavy atom. The number of para-hydroxylation sites is 1. The van der Waals surface area contributed by atoms with Gasteiger partial charge in [-0.3, -0.25) is 14.2 Å². The average molecular weight is 397 g/mol. The highest BCUT2D eigenvalue weighted by Gasteiger charge is 2.34. The molecule has 0 saturated carbocycles. The monoisotopic (exact) mass is 397 g/mol. The number of nitrogens with zero attached hydrogens (tertiary/aromatic N) is 2. The van der Waals surface area contributed by atoms with Gasteiger partial charge in [-0.15, -0.1) is 0 Å². The maximum absolute atomic E-state index is 13.0. The van der Waals surface area contributed by atoms with Crippen LogP contribution in [-0.4, -0.2) is 21.2 Å². The molecule has 0 bridgehead atoms. The number of halogens is 3. The largest absolute Gasteiger partial charge is 0.418 e. The van der Waals surface area contributed by atoms with Crippen LogP contribution in [0.2, 0.25) is 0 Å². The molecule has 1 atom stereocenters. The molecule has 27 heavy (non-hydrogen) atoms. The second-order valence-electron chi connectivity index (χ2n) is 6.25. The third-order valence-corrected chi connectivity index (χ3v) is 5.27. The number of rotatable bonds is 5. The molecule has 3 rings (SSSR count). The Labute approximate surface area is 158 Å². The van der Waals surface area contributed by atoms with Gasteiger partial charge in [0.05, 0.1) is 17.3 Å². The van der Waals surface area contributed by atoms with E-state index in [1.54, 1.807) is 0 Å². The number of benzene rings is 1. The Morgan fingerprint density at radius 2 is 2.11 bits per heavy atom. The molecule has 0 spiro atoms. The van der Waals surface area contributed by atoms with Crippen molar-refractivity contribution in [2.75, 3.05) is 11.1 Å². The minimum Gasteiger partial charge on any atom is -0.325 e. The van der Waals surface area contributed by atoms with Crippen LogP contribution in [0.15, 0.2) is 40.3 Å². The number of fused-ring (bicyclic) bond motifs is 1. The maximum atomic E-state index is 13.0. The van der Waals surface area contributed by atoms with Gasteiger partial charge in [-0.25, -0.2) is 4.98 Å². The van der Waals surface area contributed by atoms with E-state index >= 15 is 0 Å². The Balaban J connectivity index is 1.76. The molecular formula is C18H18F3N3O2S. The number of alkyl halides is 3. The van der Waals surface area contributed by atoms with Gasteiger partial charge in [-0.05, 0) is 18.6 Å². The highest BCUT2D eigenvalue weighted by atomic mass is 32.2. The van der Waals surface area contributed by atoms with E-state index in [-0.39, 0.29) is 17.7 Å². The summed E-state index contributed by atoms with van der Waals surface area (Å²) in [5, 5.41) is 2.88. The molecule has 1 aromatic carbocycles. The number of hydrogen-bond acceptors (Lipinski definition) is 4. The topological polar surface area (TPSA) is 64.0 Å². The molecule has 9 heteroatoms. The molecular weight excluding hydrogens is 379 g/mol. The van der Waals surface area contributed by atoms with Gasteiger partial charge in [-0.2, -0.15) is 13.2 Å². The number of nitrogens with one attached hydrogen (secondary N) is 1. The Kier molecular flexibility index (Phi) is 5.59. The van der Waals surface area contributed by atoms with Crippen LogP contribution in [0.3, 0.4) is 0 Å². The first-order valence-corrected chi connectivity index (χ1v) is 9.49. The van der Waals surface area contributed by atoms with Crippen molar-refractivity contribution >= 4 is 23.4 Å². The summed E-state index contributed by atoms with van der Waals surface area (Å²) in [4.78, 5) is 29.1. The molecule has 0 fully saturated rings. The summed E-state index contributed by atoms with van der Waals surface area (Å²) in [7, 11) is 0. The molecule has 0 saturated heterocycles. The van der Waals surface area contributed by atoms with E-state index in [2.05, 4.69) is 10.3 Å². The van der Waals surface area contributed by atoms with Crippen LogP contribution in [0, 0.1) is 0 Å². The van der Waals surface area contributed by atoms with Crippen LogP contribution in [0.4, 0.5) is 18.9 Å². The predicted molar refractivity (Wildman–Crippen MR) is 96.9 cm³/mol. The van der Waals surface area contributed by atoms with Crippen molar-refractivity contribution in [2.45, 2.75) is 43.6 Å². The predicted octanol–water partition coefficient (Wildman–Crippen LogP) is 3.89. The number of carbonyl (C=O) groups is 1. The minimum absolute atomic E-state index is 0.0963. The number of aryl methyl sites for hydroxylation is 1. The number of thioether (sulfide) groups is 1. The molecule has 1 amide bonds. The molecule has 5 nitrogen and oxygen atoms in total. The minimum atomic E-state index is -4.56. The summed E-state index contributed by atoms with van der Waals surface area (Å²) in [6, 6.07) is 5.85. The highest BCUT2D eigenvalue weighted by molar-refractivity contribution is 7.99. The Bertz CT molecular complexity index is 911. The Hall–Kier alpha value is -2.29. The van der Waals surface area contributed by atoms with Crippen LogP contribution >= 0.6 is 11.8 Å². The summed E-state index contributed by atoms with van der Waals surface area (Å²) in [5.41, 5.74) is -0.709. The van der Waals surface area contributed by atoms with Gasteiger partial charge in [0.25, 0.3) is 5.56 Å². The fourth-order valence-electron chi connectivity index (χ4n) is 2.99. The first-order valence-electron chi connectivity index (χ1n) is 8.51. The fraction of sp³-hybridized carbons (Fsp3) is 0.389. The summed E-state index contributed by atoms with van der Waals surface area (Å²) >= 11 is 1.38. The summed E-state index contributed by atoms with van der Waals surface area (Å²) < 4.78 is 40.6. The number of carbonyl (C=O) groups excluding carboxylic acids is 1. The normalized spacial score (nSPS) is 16.2. The lowest BCUT2D eigenvalue weighted by Crippen LogP contribution is -2.28. The smallest absolute Gasteiger partial charge is 0.325 e. The van der Waals surface area contributed by atoms with E-state index in [4.69, 9.17) is 0 Å². The number of anilines is 1. The van der Waals surface area contributed by atoms with E-state index in [9.17, 15) is 22.8 Å². The van der Waals surface area contributed by atoms with Crippen molar-refractivity contribution in [1.29, 1.82) is 0 Å². The van der Waals surface area contributed by atoms with E-state index < -0.39 is 23.7 Å². The number of aromatic nitrogens is 2. The molecule has 144 valence electrons. The van der Waals surface area contributed by atoms with Gasteiger partial charge in [0.2, 0.25) is 5.91 Å². The van der Waals surface area contributed by atoms with Crippen molar-refractivity contribution < 1.29 is 18.0 Å². The van der Waals surface area contributed by atoms with Gasteiger partial charge >= 0.3 is 6.18 Å². The van der Waals surface area contributed by atoms with Gasteiger partial charge in [0.1, 0.15) is 0 Å². The summed E-state index contributed by atoms with van der Waals surface area (Å²) in [6.45, 7) is 1.99. The lowest BCUT2D eigenvalue weighted by Gasteiger charge is -2.16. The maximum Gasteiger partial charge on any atom is 0.418 e. The van der Waals surface area contributed by atoms with Gasteiger partial charge in [0, 0.05) is 23.9 Å². The van der Waals surface area contributed by atoms with Crippen LogP contribution in [-0.2, 0) is 17.4 Å². The molecule has 2 heterocycles. The van der Waals surface area contributed by atoms with Crippen molar-refractivity contribution in [1.82, 2.24) is 9.55 Å². The average Bonchev–Trinajstić information content (AvgIpc) is 2.97. The van der Waals surface area contributed by atoms with Gasteiger partial charge < -0.3 is 5.32 Å². The number of hydrogen-bond donors (Lipinski definition) is 1. The van der Waals surface area contributed by atoms with E-state index in [1.165, 1.54) is 40.6 Å². The highest BCUT2D eigenvalue weighted by Crippen LogP contribution is 2.35. The molecule has 2 aromatic rings. The lowest BCUT2D eigenvalue weighted by atomic mass is 10.1. The van der Waals surface area contributed by atoms with Crippen molar-refractivity contribution in [3.63, 3.8) is 0 Å². The van der Waals surface area contributed by atoms with Crippen molar-refractivity contribution in [3.05, 3.63) is 51.9 Å². The van der Waals surface area contributed by atoms with E-state index in [0.29, 0.717) is 23.0 Å². The number of amides is 1. The van der Waals surface area contributed by atoms with Crippen molar-refractivity contribution in [3.8, 4) is 0 Å². The summed E-state index contributed by atoms with van der Waals surface area (Å²) in [6.07, 6.45) is -3.09. The third kappa shape index (κ3) is 4.35. The molecule has 0 radical (unpaired) electrons. The second-order valence-corrected chi connectivity index (χ2v) is 7.24. The van der Waals surface area contributed by atoms with Gasteiger partial charge in [0.15, 0.2) is 5.16 Å². The zero-order valence-corrected chi connectivity index (χ0v) is 15.4. The molecule has 0 aliphatic carbocycles. The quantitative estimate of drug-likeness (QED) is 0.778. The molecule has 1 unspecified atom stereocenters. The lowest BCUT2D eigenvalue weighted by molar-refractivity contribution is -0.137. The third-order valence-electron chi connectivity index (χ3n) is 4.18. The SMILES string of the molecule is CCCc1cc(=O)n2c(n1)SCC2CC(=O)Nc1ccccc1C(F)(F)F. The molecule has 1 aromatic heterocycles. The molecule has 1 aliphatic heterocycles. The van der Waals surface area contributed by atoms with Crippen molar-refractivity contribution in [2.24, 2.45) is 0 Å². The summed E-state index contributed by atoms with van der Waals surface area (Å²) in [5.74, 6) is -0.0960. The van der Waals surface area contributed by atoms with E-state index in [0.717, 1.165) is 12.5 Å². The zero-order valence-electron chi connectivity index (χ0n) is 14.5. The fourth-order valence-corrected chi connectivity index (χ4v) is 4.16.